The summed E-state index contributed by atoms with van der Waals surface area (Å²) < 4.78 is 12.8. The SMILES string of the molecule is COc1cccc(-c2ccc3nc([C@H]4CCCN(C(=O)c5ccncc5)C4)nn3c2)c1OC. The van der Waals surface area contributed by atoms with Gasteiger partial charge in [-0.3, -0.25) is 9.78 Å². The lowest BCUT2D eigenvalue weighted by molar-refractivity contribution is 0.0704. The minimum absolute atomic E-state index is 0.0262. The molecule has 3 aromatic heterocycles. The number of aromatic nitrogens is 4. The molecule has 0 unspecified atom stereocenters. The highest BCUT2D eigenvalue weighted by atomic mass is 16.5. The largest absolute Gasteiger partial charge is 0.493 e. The van der Waals surface area contributed by atoms with Crippen LogP contribution in [0.1, 0.15) is 34.9 Å². The van der Waals surface area contributed by atoms with Crippen molar-refractivity contribution in [2.45, 2.75) is 18.8 Å². The van der Waals surface area contributed by atoms with Crippen LogP contribution in [0.3, 0.4) is 0 Å². The third-order valence-electron chi connectivity index (χ3n) is 6.06. The number of methoxy groups -OCH3 is 2. The number of ether oxygens (including phenoxy) is 2. The molecule has 1 aliphatic rings. The number of fused-ring (bicyclic) bond motifs is 1. The Balaban J connectivity index is 1.42. The molecule has 33 heavy (non-hydrogen) atoms. The molecule has 8 heteroatoms. The van der Waals surface area contributed by atoms with E-state index in [4.69, 9.17) is 19.6 Å². The molecule has 0 N–H and O–H groups in total. The van der Waals surface area contributed by atoms with Crippen molar-refractivity contribution < 1.29 is 14.3 Å². The molecule has 8 nitrogen and oxygen atoms in total. The molecular weight excluding hydrogens is 418 g/mol. The van der Waals surface area contributed by atoms with Crippen molar-refractivity contribution in [1.82, 2.24) is 24.5 Å². The van der Waals surface area contributed by atoms with Crippen LogP contribution in [0.4, 0.5) is 0 Å². The number of hydrogen-bond donors (Lipinski definition) is 0. The molecule has 1 aliphatic heterocycles. The molecule has 1 fully saturated rings. The van der Waals surface area contributed by atoms with Gasteiger partial charge in [-0.2, -0.15) is 5.10 Å². The van der Waals surface area contributed by atoms with Gasteiger partial charge >= 0.3 is 0 Å². The van der Waals surface area contributed by atoms with Gasteiger partial charge in [0.25, 0.3) is 5.91 Å². The molecule has 4 aromatic rings. The summed E-state index contributed by atoms with van der Waals surface area (Å²) in [6, 6.07) is 13.3. The number of rotatable bonds is 5. The third-order valence-corrected chi connectivity index (χ3v) is 6.06. The molecule has 0 saturated carbocycles. The molecule has 1 atom stereocenters. The fraction of sp³-hybridized carbons (Fsp3) is 0.280. The summed E-state index contributed by atoms with van der Waals surface area (Å²) in [5, 5.41) is 4.77. The minimum Gasteiger partial charge on any atom is -0.493 e. The Kier molecular flexibility index (Phi) is 5.64. The molecule has 0 radical (unpaired) electrons. The number of piperidine rings is 1. The highest BCUT2D eigenvalue weighted by molar-refractivity contribution is 5.94. The molecular formula is C25H25N5O3. The van der Waals surface area contributed by atoms with Crippen molar-refractivity contribution in [2.24, 2.45) is 0 Å². The van der Waals surface area contributed by atoms with E-state index in [9.17, 15) is 4.79 Å². The Morgan fingerprint density at radius 1 is 1.06 bits per heavy atom. The lowest BCUT2D eigenvalue weighted by atomic mass is 9.97. The Hall–Kier alpha value is -3.94. The summed E-state index contributed by atoms with van der Waals surface area (Å²) in [7, 11) is 3.26. The van der Waals surface area contributed by atoms with Gasteiger partial charge in [0.2, 0.25) is 0 Å². The summed E-state index contributed by atoms with van der Waals surface area (Å²) in [6.07, 6.45) is 7.11. The number of pyridine rings is 2. The lowest BCUT2D eigenvalue weighted by Gasteiger charge is -2.31. The summed E-state index contributed by atoms with van der Waals surface area (Å²) in [5.74, 6) is 2.24. The first kappa shape index (κ1) is 20.9. The average molecular weight is 444 g/mol. The van der Waals surface area contributed by atoms with E-state index in [1.807, 2.05) is 41.4 Å². The monoisotopic (exact) mass is 443 g/mol. The number of likely N-dealkylation sites (tertiary alicyclic amines) is 1. The molecule has 1 saturated heterocycles. The van der Waals surface area contributed by atoms with Crippen LogP contribution in [0, 0.1) is 0 Å². The van der Waals surface area contributed by atoms with Gasteiger partial charge in [-0.15, -0.1) is 0 Å². The maximum Gasteiger partial charge on any atom is 0.253 e. The Bertz CT molecular complexity index is 1290. The fourth-order valence-electron chi connectivity index (χ4n) is 4.40. The number of amides is 1. The van der Waals surface area contributed by atoms with Crippen LogP contribution in [-0.2, 0) is 0 Å². The lowest BCUT2D eigenvalue weighted by Crippen LogP contribution is -2.39. The van der Waals surface area contributed by atoms with Crippen LogP contribution >= 0.6 is 0 Å². The van der Waals surface area contributed by atoms with E-state index < -0.39 is 0 Å². The first-order chi connectivity index (χ1) is 16.2. The number of hydrogen-bond acceptors (Lipinski definition) is 6. The van der Waals surface area contributed by atoms with E-state index in [0.29, 0.717) is 23.6 Å². The van der Waals surface area contributed by atoms with E-state index >= 15 is 0 Å². The highest BCUT2D eigenvalue weighted by Gasteiger charge is 2.28. The minimum atomic E-state index is 0.0262. The van der Waals surface area contributed by atoms with Crippen LogP contribution in [0.2, 0.25) is 0 Å². The average Bonchev–Trinajstić information content (AvgIpc) is 3.32. The van der Waals surface area contributed by atoms with E-state index in [2.05, 4.69) is 4.98 Å². The van der Waals surface area contributed by atoms with Gasteiger partial charge in [-0.25, -0.2) is 9.50 Å². The van der Waals surface area contributed by atoms with Crippen molar-refractivity contribution in [1.29, 1.82) is 0 Å². The summed E-state index contributed by atoms with van der Waals surface area (Å²) >= 11 is 0. The fourth-order valence-corrected chi connectivity index (χ4v) is 4.40. The molecule has 1 amide bonds. The molecule has 4 heterocycles. The number of carbonyl (C=O) groups is 1. The third kappa shape index (κ3) is 4.00. The Labute approximate surface area is 191 Å². The molecule has 0 bridgehead atoms. The molecule has 168 valence electrons. The Morgan fingerprint density at radius 3 is 2.70 bits per heavy atom. The predicted octanol–water partition coefficient (Wildman–Crippen LogP) is 3.83. The number of para-hydroxylation sites is 1. The van der Waals surface area contributed by atoms with Gasteiger partial charge in [0.15, 0.2) is 23.0 Å². The second-order valence-corrected chi connectivity index (χ2v) is 8.06. The topological polar surface area (TPSA) is 81.9 Å². The predicted molar refractivity (Wildman–Crippen MR) is 124 cm³/mol. The van der Waals surface area contributed by atoms with E-state index in [1.165, 1.54) is 0 Å². The van der Waals surface area contributed by atoms with Crippen molar-refractivity contribution in [2.75, 3.05) is 27.3 Å². The van der Waals surface area contributed by atoms with Crippen LogP contribution in [-0.4, -0.2) is 57.7 Å². The van der Waals surface area contributed by atoms with Crippen molar-refractivity contribution in [3.8, 4) is 22.6 Å². The molecule has 0 spiro atoms. The standard InChI is InChI=1S/C25H25N5O3/c1-32-21-7-3-6-20(23(21)33-2)18-8-9-22-27-24(28-30(22)16-18)19-5-4-14-29(15-19)25(31)17-10-12-26-13-11-17/h3,6-13,16,19H,4-5,14-15H2,1-2H3/t19-/m0/s1. The van der Waals surface area contributed by atoms with Crippen LogP contribution in [0.25, 0.3) is 16.8 Å². The Morgan fingerprint density at radius 2 is 1.91 bits per heavy atom. The van der Waals surface area contributed by atoms with Crippen molar-refractivity contribution in [3.05, 3.63) is 72.4 Å². The molecule has 5 rings (SSSR count). The smallest absolute Gasteiger partial charge is 0.253 e. The second kappa shape index (κ2) is 8.90. The van der Waals surface area contributed by atoms with Crippen molar-refractivity contribution >= 4 is 11.6 Å². The van der Waals surface area contributed by atoms with Gasteiger partial charge in [-0.05, 0) is 43.2 Å². The summed E-state index contributed by atoms with van der Waals surface area (Å²) in [5.41, 5.74) is 3.30. The summed E-state index contributed by atoms with van der Waals surface area (Å²) in [4.78, 5) is 23.5. The number of benzene rings is 1. The number of carbonyl (C=O) groups excluding carboxylic acids is 1. The zero-order valence-corrected chi connectivity index (χ0v) is 18.6. The molecule has 0 aliphatic carbocycles. The quantitative estimate of drug-likeness (QED) is 0.466. The van der Waals surface area contributed by atoms with Gasteiger partial charge in [0.05, 0.1) is 14.2 Å². The molecule has 1 aromatic carbocycles. The van der Waals surface area contributed by atoms with Gasteiger partial charge in [0, 0.05) is 54.3 Å². The zero-order valence-electron chi connectivity index (χ0n) is 18.6. The first-order valence-corrected chi connectivity index (χ1v) is 10.9. The first-order valence-electron chi connectivity index (χ1n) is 10.9. The normalized spacial score (nSPS) is 16.1. The second-order valence-electron chi connectivity index (χ2n) is 8.06. The van der Waals surface area contributed by atoms with Gasteiger partial charge < -0.3 is 14.4 Å². The zero-order chi connectivity index (χ0) is 22.8. The maximum absolute atomic E-state index is 12.9. The highest BCUT2D eigenvalue weighted by Crippen LogP contribution is 2.37. The van der Waals surface area contributed by atoms with Crippen LogP contribution < -0.4 is 9.47 Å². The van der Waals surface area contributed by atoms with E-state index in [-0.39, 0.29) is 11.8 Å². The van der Waals surface area contributed by atoms with Crippen molar-refractivity contribution in [3.63, 3.8) is 0 Å². The number of nitrogens with zero attached hydrogens (tertiary/aromatic N) is 5. The maximum atomic E-state index is 12.9. The van der Waals surface area contributed by atoms with E-state index in [0.717, 1.165) is 42.0 Å². The van der Waals surface area contributed by atoms with E-state index in [1.54, 1.807) is 43.3 Å². The van der Waals surface area contributed by atoms with Gasteiger partial charge in [-0.1, -0.05) is 12.1 Å². The van der Waals surface area contributed by atoms with Gasteiger partial charge in [0.1, 0.15) is 0 Å². The summed E-state index contributed by atoms with van der Waals surface area (Å²) in [6.45, 7) is 1.35. The van der Waals surface area contributed by atoms with Crippen LogP contribution in [0.15, 0.2) is 61.1 Å². The van der Waals surface area contributed by atoms with Crippen LogP contribution in [0.5, 0.6) is 11.5 Å².